The Hall–Kier alpha value is -1.07. The van der Waals surface area contributed by atoms with Crippen LogP contribution in [0.1, 0.15) is 4.88 Å². The lowest BCUT2D eigenvalue weighted by atomic mass is 10.4. The molecule has 2 heterocycles. The number of carbonyl (C=O) groups excluding carboxylic acids is 1. The normalized spacial score (nSPS) is 16.4. The molecule has 0 bridgehead atoms. The van der Waals surface area contributed by atoms with Gasteiger partial charge in [0.15, 0.2) is 0 Å². The van der Waals surface area contributed by atoms with Gasteiger partial charge in [0.2, 0.25) is 0 Å². The van der Waals surface area contributed by atoms with Crippen LogP contribution in [0.15, 0.2) is 17.5 Å². The molecule has 0 unspecified atom stereocenters. The van der Waals surface area contributed by atoms with E-state index in [1.54, 1.807) is 16.2 Å². The first-order chi connectivity index (χ1) is 7.36. The number of nitrogens with zero attached hydrogens (tertiary/aromatic N) is 1. The van der Waals surface area contributed by atoms with Crippen molar-refractivity contribution in [2.45, 2.75) is 6.54 Å². The summed E-state index contributed by atoms with van der Waals surface area (Å²) in [6, 6.07) is 4.01. The Labute approximate surface area is 92.8 Å². The first kappa shape index (κ1) is 10.4. The zero-order valence-electron chi connectivity index (χ0n) is 8.44. The zero-order valence-corrected chi connectivity index (χ0v) is 9.26. The van der Waals surface area contributed by atoms with Crippen molar-refractivity contribution < 1.29 is 9.53 Å². The van der Waals surface area contributed by atoms with Crippen molar-refractivity contribution in [2.75, 3.05) is 26.3 Å². The van der Waals surface area contributed by atoms with Gasteiger partial charge in [-0.2, -0.15) is 0 Å². The van der Waals surface area contributed by atoms with Gasteiger partial charge in [-0.1, -0.05) is 6.07 Å². The van der Waals surface area contributed by atoms with Crippen LogP contribution in [-0.2, 0) is 11.3 Å². The fourth-order valence-electron chi connectivity index (χ4n) is 1.45. The topological polar surface area (TPSA) is 41.6 Å². The Morgan fingerprint density at radius 3 is 3.00 bits per heavy atom. The minimum Gasteiger partial charge on any atom is -0.378 e. The SMILES string of the molecule is O=C(NCc1cccs1)N1CCOCC1. The highest BCUT2D eigenvalue weighted by Crippen LogP contribution is 2.07. The van der Waals surface area contributed by atoms with Crippen LogP contribution in [-0.4, -0.2) is 37.2 Å². The van der Waals surface area contributed by atoms with Gasteiger partial charge in [0.25, 0.3) is 0 Å². The lowest BCUT2D eigenvalue weighted by Gasteiger charge is -2.26. The number of carbonyl (C=O) groups is 1. The van der Waals surface area contributed by atoms with Gasteiger partial charge < -0.3 is 15.0 Å². The zero-order chi connectivity index (χ0) is 10.5. The van der Waals surface area contributed by atoms with E-state index in [0.29, 0.717) is 32.8 Å². The minimum absolute atomic E-state index is 0.00620. The van der Waals surface area contributed by atoms with Crippen molar-refractivity contribution in [1.29, 1.82) is 0 Å². The number of hydrogen-bond acceptors (Lipinski definition) is 3. The molecule has 1 N–H and O–H groups in total. The average molecular weight is 226 g/mol. The van der Waals surface area contributed by atoms with Crippen molar-refractivity contribution in [2.24, 2.45) is 0 Å². The van der Waals surface area contributed by atoms with Crippen molar-refractivity contribution in [3.8, 4) is 0 Å². The van der Waals surface area contributed by atoms with Crippen LogP contribution in [0.4, 0.5) is 4.79 Å². The first-order valence-electron chi connectivity index (χ1n) is 4.99. The predicted molar refractivity (Wildman–Crippen MR) is 58.9 cm³/mol. The van der Waals surface area contributed by atoms with Crippen molar-refractivity contribution in [3.05, 3.63) is 22.4 Å². The smallest absolute Gasteiger partial charge is 0.317 e. The van der Waals surface area contributed by atoms with Gasteiger partial charge in [0.1, 0.15) is 0 Å². The number of hydrogen-bond donors (Lipinski definition) is 1. The van der Waals surface area contributed by atoms with E-state index in [2.05, 4.69) is 5.32 Å². The molecule has 0 radical (unpaired) electrons. The van der Waals surface area contributed by atoms with Crippen molar-refractivity contribution in [1.82, 2.24) is 10.2 Å². The van der Waals surface area contributed by atoms with E-state index in [1.807, 2.05) is 17.5 Å². The third-order valence-electron chi connectivity index (χ3n) is 2.29. The number of amides is 2. The van der Waals surface area contributed by atoms with E-state index in [4.69, 9.17) is 4.74 Å². The highest BCUT2D eigenvalue weighted by Gasteiger charge is 2.15. The Bertz CT molecular complexity index is 307. The second-order valence-corrected chi connectivity index (χ2v) is 4.37. The number of rotatable bonds is 2. The summed E-state index contributed by atoms with van der Waals surface area (Å²) in [6.45, 7) is 3.29. The third-order valence-corrected chi connectivity index (χ3v) is 3.17. The summed E-state index contributed by atoms with van der Waals surface area (Å²) >= 11 is 1.65. The van der Waals surface area contributed by atoms with Gasteiger partial charge >= 0.3 is 6.03 Å². The van der Waals surface area contributed by atoms with Gasteiger partial charge in [-0.15, -0.1) is 11.3 Å². The largest absolute Gasteiger partial charge is 0.378 e. The van der Waals surface area contributed by atoms with E-state index >= 15 is 0 Å². The Balaban J connectivity index is 1.76. The second kappa shape index (κ2) is 5.14. The molecule has 0 saturated carbocycles. The van der Waals surface area contributed by atoms with E-state index in [9.17, 15) is 4.79 Å². The highest BCUT2D eigenvalue weighted by atomic mass is 32.1. The molecule has 1 fully saturated rings. The Kier molecular flexibility index (Phi) is 3.58. The molecule has 0 spiro atoms. The minimum atomic E-state index is 0.00620. The van der Waals surface area contributed by atoms with E-state index in [0.717, 1.165) is 0 Å². The van der Waals surface area contributed by atoms with Gasteiger partial charge in [-0.05, 0) is 11.4 Å². The monoisotopic (exact) mass is 226 g/mol. The van der Waals surface area contributed by atoms with Gasteiger partial charge in [-0.3, -0.25) is 0 Å². The quantitative estimate of drug-likeness (QED) is 0.825. The lowest BCUT2D eigenvalue weighted by molar-refractivity contribution is 0.0531. The molecular formula is C10H14N2O2S. The van der Waals surface area contributed by atoms with Crippen molar-refractivity contribution in [3.63, 3.8) is 0 Å². The van der Waals surface area contributed by atoms with E-state index in [-0.39, 0.29) is 6.03 Å². The molecule has 0 aliphatic carbocycles. The molecule has 4 nitrogen and oxygen atoms in total. The molecule has 1 saturated heterocycles. The molecule has 1 aromatic heterocycles. The fourth-order valence-corrected chi connectivity index (χ4v) is 2.10. The maximum atomic E-state index is 11.7. The number of thiophene rings is 1. The first-order valence-corrected chi connectivity index (χ1v) is 5.87. The Morgan fingerprint density at radius 2 is 2.33 bits per heavy atom. The van der Waals surface area contributed by atoms with Crippen LogP contribution < -0.4 is 5.32 Å². The molecule has 5 heteroatoms. The molecule has 0 aromatic carbocycles. The maximum Gasteiger partial charge on any atom is 0.317 e. The van der Waals surface area contributed by atoms with Crippen molar-refractivity contribution >= 4 is 17.4 Å². The molecule has 82 valence electrons. The molecular weight excluding hydrogens is 212 g/mol. The number of morpholine rings is 1. The third kappa shape index (κ3) is 2.94. The summed E-state index contributed by atoms with van der Waals surface area (Å²) in [5, 5.41) is 4.91. The molecule has 15 heavy (non-hydrogen) atoms. The van der Waals surface area contributed by atoms with Crippen LogP contribution in [0.25, 0.3) is 0 Å². The van der Waals surface area contributed by atoms with Crippen LogP contribution in [0.5, 0.6) is 0 Å². The Morgan fingerprint density at radius 1 is 1.53 bits per heavy atom. The van der Waals surface area contributed by atoms with Gasteiger partial charge in [-0.25, -0.2) is 4.79 Å². The van der Waals surface area contributed by atoms with E-state index < -0.39 is 0 Å². The van der Waals surface area contributed by atoms with E-state index in [1.165, 1.54) is 4.88 Å². The number of urea groups is 1. The summed E-state index contributed by atoms with van der Waals surface area (Å²) in [7, 11) is 0. The molecule has 0 atom stereocenters. The molecule has 1 aromatic rings. The average Bonchev–Trinajstić information content (AvgIpc) is 2.80. The van der Waals surface area contributed by atoms with Gasteiger partial charge in [0, 0.05) is 18.0 Å². The van der Waals surface area contributed by atoms with Crippen LogP contribution >= 0.6 is 11.3 Å². The molecule has 2 rings (SSSR count). The highest BCUT2D eigenvalue weighted by molar-refractivity contribution is 7.09. The van der Waals surface area contributed by atoms with Crippen LogP contribution in [0.3, 0.4) is 0 Å². The van der Waals surface area contributed by atoms with Crippen LogP contribution in [0, 0.1) is 0 Å². The second-order valence-electron chi connectivity index (χ2n) is 3.34. The number of nitrogens with one attached hydrogen (secondary N) is 1. The lowest BCUT2D eigenvalue weighted by Crippen LogP contribution is -2.45. The summed E-state index contributed by atoms with van der Waals surface area (Å²) < 4.78 is 5.18. The molecule has 2 amide bonds. The van der Waals surface area contributed by atoms with Gasteiger partial charge in [0.05, 0.1) is 19.8 Å². The summed E-state index contributed by atoms with van der Waals surface area (Å²) in [4.78, 5) is 14.6. The molecule has 1 aliphatic heterocycles. The standard InChI is InChI=1S/C10H14N2O2S/c13-10(12-3-5-14-6-4-12)11-8-9-2-1-7-15-9/h1-2,7H,3-6,8H2,(H,11,13). The van der Waals surface area contributed by atoms with Crippen LogP contribution in [0.2, 0.25) is 0 Å². The predicted octanol–water partition coefficient (Wildman–Crippen LogP) is 1.29. The maximum absolute atomic E-state index is 11.7. The summed E-state index contributed by atoms with van der Waals surface area (Å²) in [5.74, 6) is 0. The summed E-state index contributed by atoms with van der Waals surface area (Å²) in [6.07, 6.45) is 0. The fraction of sp³-hybridized carbons (Fsp3) is 0.500. The molecule has 1 aliphatic rings. The number of ether oxygens (including phenoxy) is 1. The summed E-state index contributed by atoms with van der Waals surface area (Å²) in [5.41, 5.74) is 0.